The second kappa shape index (κ2) is 9.71. The lowest BCUT2D eigenvalue weighted by Gasteiger charge is -2.30. The summed E-state index contributed by atoms with van der Waals surface area (Å²) in [5, 5.41) is 5.52. The maximum atomic E-state index is 14.2. The van der Waals surface area contributed by atoms with Crippen LogP contribution in [0.3, 0.4) is 0 Å². The molecule has 3 aromatic carbocycles. The number of hydrogen-bond acceptors (Lipinski definition) is 6. The van der Waals surface area contributed by atoms with Crippen LogP contribution in [0.5, 0.6) is 5.88 Å². The zero-order valence-corrected chi connectivity index (χ0v) is 20.3. The molecule has 5 rings (SSSR count). The van der Waals surface area contributed by atoms with E-state index < -0.39 is 26.6 Å². The van der Waals surface area contributed by atoms with Crippen molar-refractivity contribution in [2.24, 2.45) is 0 Å². The Hall–Kier alpha value is -3.76. The molecule has 2 heterocycles. The minimum Gasteiger partial charge on any atom is -0.480 e. The molecule has 36 heavy (non-hydrogen) atoms. The third kappa shape index (κ3) is 4.69. The molecule has 10 heteroatoms. The van der Waals surface area contributed by atoms with Crippen molar-refractivity contribution in [2.45, 2.75) is 4.90 Å². The summed E-state index contributed by atoms with van der Waals surface area (Å²) in [5.41, 5.74) is 2.64. The van der Waals surface area contributed by atoms with E-state index in [0.717, 1.165) is 60.3 Å². The molecule has 0 amide bonds. The van der Waals surface area contributed by atoms with Crippen molar-refractivity contribution in [3.8, 4) is 17.0 Å². The molecule has 0 saturated carbocycles. The Morgan fingerprint density at radius 3 is 2.56 bits per heavy atom. The summed E-state index contributed by atoms with van der Waals surface area (Å²) in [6.07, 6.45) is 1.59. The van der Waals surface area contributed by atoms with Gasteiger partial charge in [0, 0.05) is 55.1 Å². The minimum atomic E-state index is -4.37. The summed E-state index contributed by atoms with van der Waals surface area (Å²) in [6, 6.07) is 16.0. The zero-order chi connectivity index (χ0) is 25.3. The Bertz CT molecular complexity index is 1540. The molecule has 0 unspecified atom stereocenters. The number of piperazine rings is 1. The molecule has 1 aromatic heterocycles. The van der Waals surface area contributed by atoms with E-state index >= 15 is 0 Å². The first-order valence-electron chi connectivity index (χ1n) is 11.4. The fourth-order valence-electron chi connectivity index (χ4n) is 4.36. The summed E-state index contributed by atoms with van der Waals surface area (Å²) < 4.78 is 60.8. The van der Waals surface area contributed by atoms with Crippen LogP contribution in [0.1, 0.15) is 0 Å². The van der Waals surface area contributed by atoms with E-state index in [2.05, 4.69) is 26.0 Å². The number of nitrogens with one attached hydrogen (secondary N) is 2. The third-order valence-electron chi connectivity index (χ3n) is 6.12. The molecule has 1 saturated heterocycles. The van der Waals surface area contributed by atoms with Crippen molar-refractivity contribution < 1.29 is 21.9 Å². The first-order chi connectivity index (χ1) is 17.4. The molecule has 2 N–H and O–H groups in total. The molecule has 0 radical (unpaired) electrons. The number of ether oxygens (including phenoxy) is 1. The van der Waals surface area contributed by atoms with Crippen molar-refractivity contribution in [3.05, 3.63) is 78.5 Å². The van der Waals surface area contributed by atoms with Gasteiger partial charge in [-0.3, -0.25) is 4.72 Å². The van der Waals surface area contributed by atoms with Gasteiger partial charge in [-0.05, 0) is 41.3 Å². The van der Waals surface area contributed by atoms with Crippen LogP contribution in [0, 0.1) is 11.6 Å². The lowest BCUT2D eigenvalue weighted by Crippen LogP contribution is -2.43. The van der Waals surface area contributed by atoms with Gasteiger partial charge >= 0.3 is 0 Å². The summed E-state index contributed by atoms with van der Waals surface area (Å²) in [4.78, 5) is 5.92. The normalized spacial score (nSPS) is 14.1. The van der Waals surface area contributed by atoms with Gasteiger partial charge in [-0.15, -0.1) is 0 Å². The standard InChI is InChI=1S/C26H24F2N4O3S/c1-35-26-23(31-36(33,34)25-8-7-20(27)15-22(25)28)14-19(16-30-26)18-6-5-17-3-2-4-24(21(17)13-18)32-11-9-29-10-12-32/h2-8,13-16,29,31H,9-12H2,1H3. The average molecular weight is 511 g/mol. The molecule has 0 atom stereocenters. The number of hydrogen-bond donors (Lipinski definition) is 2. The van der Waals surface area contributed by atoms with E-state index in [4.69, 9.17) is 4.74 Å². The number of nitrogens with zero attached hydrogens (tertiary/aromatic N) is 2. The molecule has 0 spiro atoms. The molecule has 1 aliphatic rings. The second-order valence-electron chi connectivity index (χ2n) is 8.41. The number of halogens is 2. The monoisotopic (exact) mass is 510 g/mol. The first-order valence-corrected chi connectivity index (χ1v) is 12.8. The number of aromatic nitrogens is 1. The average Bonchev–Trinajstić information content (AvgIpc) is 2.88. The van der Waals surface area contributed by atoms with Crippen LogP contribution in [0.15, 0.2) is 71.8 Å². The van der Waals surface area contributed by atoms with E-state index in [1.807, 2.05) is 30.3 Å². The molecular weight excluding hydrogens is 486 g/mol. The van der Waals surface area contributed by atoms with Gasteiger partial charge in [0.25, 0.3) is 10.0 Å². The molecule has 7 nitrogen and oxygen atoms in total. The van der Waals surface area contributed by atoms with Crippen molar-refractivity contribution in [1.29, 1.82) is 0 Å². The SMILES string of the molecule is COc1ncc(-c2ccc3cccc(N4CCNCC4)c3c2)cc1NS(=O)(=O)c1ccc(F)cc1F. The van der Waals surface area contributed by atoms with Crippen LogP contribution in [0.2, 0.25) is 0 Å². The number of pyridine rings is 1. The molecule has 0 bridgehead atoms. The Balaban J connectivity index is 1.54. The van der Waals surface area contributed by atoms with Gasteiger partial charge in [0.15, 0.2) is 0 Å². The number of methoxy groups -OCH3 is 1. The molecule has 4 aromatic rings. The quantitative estimate of drug-likeness (QED) is 0.400. The van der Waals surface area contributed by atoms with Gasteiger partial charge in [-0.1, -0.05) is 24.3 Å². The summed E-state index contributed by atoms with van der Waals surface area (Å²) in [6.45, 7) is 3.63. The van der Waals surface area contributed by atoms with Crippen molar-refractivity contribution in [1.82, 2.24) is 10.3 Å². The highest BCUT2D eigenvalue weighted by molar-refractivity contribution is 7.92. The number of anilines is 2. The van der Waals surface area contributed by atoms with E-state index in [1.165, 1.54) is 7.11 Å². The van der Waals surface area contributed by atoms with Crippen molar-refractivity contribution in [2.75, 3.05) is 42.9 Å². The van der Waals surface area contributed by atoms with Crippen LogP contribution in [0.4, 0.5) is 20.2 Å². The Kier molecular flexibility index (Phi) is 6.46. The van der Waals surface area contributed by atoms with Gasteiger partial charge in [0.05, 0.1) is 7.11 Å². The smallest absolute Gasteiger partial charge is 0.264 e. The van der Waals surface area contributed by atoms with Gasteiger partial charge in [-0.2, -0.15) is 0 Å². The van der Waals surface area contributed by atoms with Gasteiger partial charge < -0.3 is 15.0 Å². The van der Waals surface area contributed by atoms with Gasteiger partial charge in [0.1, 0.15) is 22.2 Å². The van der Waals surface area contributed by atoms with Crippen LogP contribution in [0.25, 0.3) is 21.9 Å². The predicted octanol–water partition coefficient (Wildman–Crippen LogP) is 4.40. The van der Waals surface area contributed by atoms with Crippen LogP contribution < -0.4 is 19.7 Å². The summed E-state index contributed by atoms with van der Waals surface area (Å²) in [5.74, 6) is -2.04. The van der Waals surface area contributed by atoms with E-state index in [0.29, 0.717) is 11.6 Å². The van der Waals surface area contributed by atoms with Crippen LogP contribution in [-0.4, -0.2) is 46.7 Å². The topological polar surface area (TPSA) is 83.6 Å². The largest absolute Gasteiger partial charge is 0.480 e. The highest BCUT2D eigenvalue weighted by atomic mass is 32.2. The predicted molar refractivity (Wildman–Crippen MR) is 136 cm³/mol. The number of benzene rings is 3. The lowest BCUT2D eigenvalue weighted by molar-refractivity contribution is 0.400. The summed E-state index contributed by atoms with van der Waals surface area (Å²) >= 11 is 0. The third-order valence-corrected chi connectivity index (χ3v) is 7.52. The number of sulfonamides is 1. The first kappa shape index (κ1) is 24.0. The van der Waals surface area contributed by atoms with Crippen LogP contribution in [-0.2, 0) is 10.0 Å². The minimum absolute atomic E-state index is 0.0205. The second-order valence-corrected chi connectivity index (χ2v) is 10.1. The van der Waals surface area contributed by atoms with Crippen LogP contribution >= 0.6 is 0 Å². The molecule has 0 aliphatic carbocycles. The Morgan fingerprint density at radius 1 is 1.00 bits per heavy atom. The zero-order valence-electron chi connectivity index (χ0n) is 19.5. The fraction of sp³-hybridized carbons (Fsp3) is 0.192. The van der Waals surface area contributed by atoms with Gasteiger partial charge in [0.2, 0.25) is 5.88 Å². The Morgan fingerprint density at radius 2 is 1.81 bits per heavy atom. The van der Waals surface area contributed by atoms with E-state index in [-0.39, 0.29) is 11.6 Å². The molecule has 1 fully saturated rings. The Labute approximate surface area is 207 Å². The van der Waals surface area contributed by atoms with E-state index in [9.17, 15) is 17.2 Å². The highest BCUT2D eigenvalue weighted by Gasteiger charge is 2.22. The maximum Gasteiger partial charge on any atom is 0.264 e. The molecular formula is C26H24F2N4O3S. The van der Waals surface area contributed by atoms with Gasteiger partial charge in [-0.25, -0.2) is 22.2 Å². The van der Waals surface area contributed by atoms with Crippen molar-refractivity contribution in [3.63, 3.8) is 0 Å². The molecule has 186 valence electrons. The summed E-state index contributed by atoms with van der Waals surface area (Å²) in [7, 11) is -3.02. The maximum absolute atomic E-state index is 14.2. The highest BCUT2D eigenvalue weighted by Crippen LogP contribution is 2.34. The number of fused-ring (bicyclic) bond motifs is 1. The lowest BCUT2D eigenvalue weighted by atomic mass is 10.0. The fourth-order valence-corrected chi connectivity index (χ4v) is 5.46. The number of rotatable bonds is 6. The van der Waals surface area contributed by atoms with Crippen molar-refractivity contribution >= 4 is 32.2 Å². The van der Waals surface area contributed by atoms with E-state index in [1.54, 1.807) is 12.3 Å². The molecule has 1 aliphatic heterocycles.